The monoisotopic (exact) mass is 447 g/mol. The van der Waals surface area contributed by atoms with Crippen LogP contribution in [0.5, 0.6) is 11.6 Å². The lowest BCUT2D eigenvalue weighted by Gasteiger charge is -2.22. The Labute approximate surface area is 185 Å². The number of halogens is 3. The molecule has 1 heterocycles. The van der Waals surface area contributed by atoms with Gasteiger partial charge in [-0.05, 0) is 50.4 Å². The molecule has 1 unspecified atom stereocenters. The third-order valence-corrected chi connectivity index (χ3v) is 5.39. The van der Waals surface area contributed by atoms with Gasteiger partial charge in [0.1, 0.15) is 5.75 Å². The summed E-state index contributed by atoms with van der Waals surface area (Å²) in [7, 11) is 2.96. The lowest BCUT2D eigenvalue weighted by molar-refractivity contribution is -0.137. The van der Waals surface area contributed by atoms with E-state index in [1.54, 1.807) is 18.2 Å². The zero-order valence-electron chi connectivity index (χ0n) is 18.6. The second kappa shape index (κ2) is 9.65. The van der Waals surface area contributed by atoms with Gasteiger partial charge in [0.05, 0.1) is 31.0 Å². The van der Waals surface area contributed by atoms with Gasteiger partial charge in [-0.2, -0.15) is 13.2 Å². The van der Waals surface area contributed by atoms with E-state index in [1.807, 2.05) is 13.8 Å². The smallest absolute Gasteiger partial charge is 0.417 e. The number of aromatic nitrogens is 1. The van der Waals surface area contributed by atoms with Crippen LogP contribution < -0.4 is 20.5 Å². The Balaban J connectivity index is 2.35. The van der Waals surface area contributed by atoms with Crippen molar-refractivity contribution in [2.24, 2.45) is 5.73 Å². The number of hydrogen-bond acceptors (Lipinski definition) is 5. The van der Waals surface area contributed by atoms with Crippen molar-refractivity contribution in [3.63, 3.8) is 0 Å². The predicted molar refractivity (Wildman–Crippen MR) is 121 cm³/mol. The minimum absolute atomic E-state index is 0.0413. The van der Waals surface area contributed by atoms with E-state index >= 15 is 0 Å². The molecule has 0 aliphatic carbocycles. The van der Waals surface area contributed by atoms with Crippen molar-refractivity contribution in [3.05, 3.63) is 47.5 Å². The molecule has 1 atom stereocenters. The zero-order valence-corrected chi connectivity index (χ0v) is 18.6. The maximum absolute atomic E-state index is 13.9. The Morgan fingerprint density at radius 1 is 1.12 bits per heavy atom. The van der Waals surface area contributed by atoms with Crippen molar-refractivity contribution in [2.75, 3.05) is 26.1 Å². The number of nitrogens with two attached hydrogens (primary N) is 1. The number of aryl methyl sites for hydroxylation is 1. The maximum atomic E-state index is 13.9. The molecule has 0 aliphatic rings. The Kier molecular flexibility index (Phi) is 7.13. The summed E-state index contributed by atoms with van der Waals surface area (Å²) in [6.07, 6.45) is -2.84. The Bertz CT molecular complexity index is 1100. The quantitative estimate of drug-likeness (QED) is 0.458. The molecule has 0 saturated carbocycles. The van der Waals surface area contributed by atoms with Gasteiger partial charge in [0.25, 0.3) is 0 Å². The molecule has 3 aromatic rings. The van der Waals surface area contributed by atoms with E-state index < -0.39 is 11.7 Å². The number of hydrogen-bond donors (Lipinski definition) is 2. The van der Waals surface area contributed by atoms with E-state index in [2.05, 4.69) is 10.3 Å². The molecule has 8 heteroatoms. The van der Waals surface area contributed by atoms with Gasteiger partial charge in [-0.1, -0.05) is 18.2 Å². The van der Waals surface area contributed by atoms with Gasteiger partial charge < -0.3 is 20.5 Å². The molecule has 32 heavy (non-hydrogen) atoms. The molecule has 3 N–H and O–H groups in total. The summed E-state index contributed by atoms with van der Waals surface area (Å²) in [5.41, 5.74) is 7.21. The zero-order chi connectivity index (χ0) is 23.5. The molecule has 0 spiro atoms. The highest BCUT2D eigenvalue weighted by Gasteiger charge is 2.35. The Morgan fingerprint density at radius 2 is 1.84 bits per heavy atom. The second-order valence-electron chi connectivity index (χ2n) is 7.73. The number of anilines is 1. The Hall–Kier alpha value is -3.00. The number of nitrogens with zero attached hydrogens (tertiary/aromatic N) is 1. The summed E-state index contributed by atoms with van der Waals surface area (Å²) in [6, 6.07) is 8.99. The van der Waals surface area contributed by atoms with Crippen LogP contribution in [0.2, 0.25) is 0 Å². The first-order valence-corrected chi connectivity index (χ1v) is 10.4. The Morgan fingerprint density at radius 3 is 2.47 bits per heavy atom. The van der Waals surface area contributed by atoms with Crippen LogP contribution in [0.25, 0.3) is 22.0 Å². The van der Waals surface area contributed by atoms with Gasteiger partial charge >= 0.3 is 6.18 Å². The van der Waals surface area contributed by atoms with Gasteiger partial charge in [0.2, 0.25) is 5.88 Å². The summed E-state index contributed by atoms with van der Waals surface area (Å²) >= 11 is 0. The van der Waals surface area contributed by atoms with Crippen LogP contribution in [0.1, 0.15) is 30.9 Å². The van der Waals surface area contributed by atoms with Gasteiger partial charge in [-0.3, -0.25) is 0 Å². The van der Waals surface area contributed by atoms with Crippen molar-refractivity contribution in [2.45, 2.75) is 38.9 Å². The number of methoxy groups -OCH3 is 2. The number of rotatable bonds is 8. The minimum Gasteiger partial charge on any atom is -0.496 e. The lowest BCUT2D eigenvalue weighted by Crippen LogP contribution is -2.17. The molecule has 0 amide bonds. The van der Waals surface area contributed by atoms with Crippen molar-refractivity contribution in [3.8, 4) is 22.8 Å². The van der Waals surface area contributed by atoms with Gasteiger partial charge in [0, 0.05) is 29.1 Å². The first kappa shape index (κ1) is 23.7. The van der Waals surface area contributed by atoms with Crippen LogP contribution in [0.3, 0.4) is 0 Å². The van der Waals surface area contributed by atoms with Crippen LogP contribution in [-0.4, -0.2) is 31.8 Å². The average molecular weight is 448 g/mol. The summed E-state index contributed by atoms with van der Waals surface area (Å²) in [4.78, 5) is 4.60. The van der Waals surface area contributed by atoms with E-state index in [4.69, 9.17) is 15.2 Å². The average Bonchev–Trinajstić information content (AvgIpc) is 2.76. The van der Waals surface area contributed by atoms with Crippen molar-refractivity contribution in [1.82, 2.24) is 4.98 Å². The van der Waals surface area contributed by atoms with E-state index in [-0.39, 0.29) is 11.6 Å². The highest BCUT2D eigenvalue weighted by Crippen LogP contribution is 2.47. The van der Waals surface area contributed by atoms with Crippen LogP contribution in [0.15, 0.2) is 36.4 Å². The fourth-order valence-corrected chi connectivity index (χ4v) is 3.90. The van der Waals surface area contributed by atoms with Crippen LogP contribution >= 0.6 is 0 Å². The maximum Gasteiger partial charge on any atom is 0.417 e. The van der Waals surface area contributed by atoms with Crippen molar-refractivity contribution in [1.29, 1.82) is 0 Å². The summed E-state index contributed by atoms with van der Waals surface area (Å²) in [5.74, 6) is 0.714. The highest BCUT2D eigenvalue weighted by molar-refractivity contribution is 6.06. The third kappa shape index (κ3) is 4.75. The molecule has 0 fully saturated rings. The second-order valence-corrected chi connectivity index (χ2v) is 7.73. The molecule has 1 aromatic heterocycles. The van der Waals surface area contributed by atoms with Crippen LogP contribution in [0, 0.1) is 6.92 Å². The first-order valence-electron chi connectivity index (χ1n) is 10.4. The van der Waals surface area contributed by atoms with Gasteiger partial charge in [-0.25, -0.2) is 4.98 Å². The number of ether oxygens (including phenoxy) is 2. The molecule has 2 aromatic carbocycles. The molecular formula is C24H28F3N3O2. The molecule has 0 saturated heterocycles. The SMILES string of the molecule is COc1cc(C)c2c(-c3ccccc3C(F)(F)F)c(OC)cc(NC(C)CCCN)c2n1. The molecule has 0 bridgehead atoms. The highest BCUT2D eigenvalue weighted by atomic mass is 19.4. The van der Waals surface area contributed by atoms with E-state index in [9.17, 15) is 13.2 Å². The molecule has 3 rings (SSSR count). The third-order valence-electron chi connectivity index (χ3n) is 5.39. The number of nitrogens with one attached hydrogen (secondary N) is 1. The van der Waals surface area contributed by atoms with E-state index in [0.29, 0.717) is 40.3 Å². The molecule has 0 radical (unpaired) electrons. The number of pyridine rings is 1. The van der Waals surface area contributed by atoms with Gasteiger partial charge in [0.15, 0.2) is 0 Å². The first-order chi connectivity index (χ1) is 15.2. The molecule has 172 valence electrons. The van der Waals surface area contributed by atoms with Crippen LogP contribution in [-0.2, 0) is 6.18 Å². The lowest BCUT2D eigenvalue weighted by atomic mass is 9.92. The number of fused-ring (bicyclic) bond motifs is 1. The summed E-state index contributed by atoms with van der Waals surface area (Å²) < 4.78 is 52.5. The van der Waals surface area contributed by atoms with E-state index in [0.717, 1.165) is 24.5 Å². The molecular weight excluding hydrogens is 419 g/mol. The molecule has 5 nitrogen and oxygen atoms in total. The fraction of sp³-hybridized carbons (Fsp3) is 0.375. The topological polar surface area (TPSA) is 69.4 Å². The molecule has 0 aliphatic heterocycles. The van der Waals surface area contributed by atoms with Crippen molar-refractivity contribution >= 4 is 16.6 Å². The number of benzene rings is 2. The minimum atomic E-state index is -4.52. The normalized spacial score (nSPS) is 12.6. The largest absolute Gasteiger partial charge is 0.496 e. The van der Waals surface area contributed by atoms with Crippen LogP contribution in [0.4, 0.5) is 18.9 Å². The predicted octanol–water partition coefficient (Wildman–Crippen LogP) is 5.79. The van der Waals surface area contributed by atoms with Gasteiger partial charge in [-0.15, -0.1) is 0 Å². The summed E-state index contributed by atoms with van der Waals surface area (Å²) in [6.45, 7) is 4.43. The van der Waals surface area contributed by atoms with E-state index in [1.165, 1.54) is 26.4 Å². The standard InChI is InChI=1S/C24H28F3N3O2/c1-14-12-20(32-4)30-23-18(29-15(2)8-7-11-28)13-19(31-3)22(21(14)23)16-9-5-6-10-17(16)24(25,26)27/h5-6,9-10,12-13,15,29H,7-8,11,28H2,1-4H3. The summed E-state index contributed by atoms with van der Waals surface area (Å²) in [5, 5.41) is 4.00. The fourth-order valence-electron chi connectivity index (χ4n) is 3.90. The number of alkyl halides is 3. The van der Waals surface area contributed by atoms with Crippen molar-refractivity contribution < 1.29 is 22.6 Å².